The van der Waals surface area contributed by atoms with Crippen molar-refractivity contribution in [3.63, 3.8) is 0 Å². The molecule has 0 fully saturated rings. The predicted octanol–water partition coefficient (Wildman–Crippen LogP) is 6.05. The van der Waals surface area contributed by atoms with Crippen LogP contribution in [-0.4, -0.2) is 31.3 Å². The molecule has 0 amide bonds. The molecule has 13 heteroatoms. The zero-order valence-electron chi connectivity index (χ0n) is 22.8. The first kappa shape index (κ1) is 31.0. The number of aryl methyl sites for hydroxylation is 1. The van der Waals surface area contributed by atoms with Crippen LogP contribution in [0.25, 0.3) is 0 Å². The van der Waals surface area contributed by atoms with E-state index in [0.717, 1.165) is 16.0 Å². The number of hydrogen-bond acceptors (Lipinski definition) is 8. The van der Waals surface area contributed by atoms with Crippen LogP contribution in [0.3, 0.4) is 0 Å². The van der Waals surface area contributed by atoms with Crippen LogP contribution < -0.4 is 14.4 Å². The van der Waals surface area contributed by atoms with Crippen molar-refractivity contribution in [2.24, 2.45) is 0 Å². The summed E-state index contributed by atoms with van der Waals surface area (Å²) in [4.78, 5) is 11.6. The van der Waals surface area contributed by atoms with Crippen molar-refractivity contribution >= 4 is 26.5 Å². The second-order valence-electron chi connectivity index (χ2n) is 9.57. The van der Waals surface area contributed by atoms with Gasteiger partial charge in [0.15, 0.2) is 5.13 Å². The van der Waals surface area contributed by atoms with E-state index < -0.39 is 22.4 Å². The van der Waals surface area contributed by atoms with Crippen LogP contribution in [-0.2, 0) is 28.7 Å². The molecule has 42 heavy (non-hydrogen) atoms. The molecular weight excluding hydrogens is 587 g/mol. The number of nitrogens with zero attached hydrogens (tertiary/aromatic N) is 4. The first-order chi connectivity index (χ1) is 19.9. The summed E-state index contributed by atoms with van der Waals surface area (Å²) in [5.74, 6) is -0.526. The number of hydrogen-bond donors (Lipinski definition) is 1. The molecule has 1 atom stereocenters. The maximum Gasteiger partial charge on any atom is 0.573 e. The zero-order valence-corrected chi connectivity index (χ0v) is 24.4. The fraction of sp³-hybridized carbons (Fsp3) is 0.276. The summed E-state index contributed by atoms with van der Waals surface area (Å²) < 4.78 is 70.1. The Morgan fingerprint density at radius 3 is 2.38 bits per heavy atom. The van der Waals surface area contributed by atoms with Crippen molar-refractivity contribution in [1.29, 1.82) is 5.26 Å². The number of pyridine rings is 1. The molecule has 1 unspecified atom stereocenters. The standard InChI is InChI=1S/C29H28F3N5O3S2/c1-20(36-42(38,39)19-25-4-3-14-34-17-25)27-21(2)41-28(35-27)37(15-13-22-5-7-23(16-33)8-6-22)18-24-9-11-26(12-10-24)40-29(30,31)32/h3-12,14,17,20,36H,13,15,18-19H2,1-2H3. The van der Waals surface area contributed by atoms with Gasteiger partial charge in [-0.3, -0.25) is 4.98 Å². The number of benzene rings is 2. The van der Waals surface area contributed by atoms with Crippen LogP contribution in [0.15, 0.2) is 73.1 Å². The van der Waals surface area contributed by atoms with Gasteiger partial charge in [-0.2, -0.15) is 5.26 Å². The van der Waals surface area contributed by atoms with Crippen LogP contribution in [0.1, 0.15) is 45.8 Å². The van der Waals surface area contributed by atoms with E-state index in [0.29, 0.717) is 41.5 Å². The summed E-state index contributed by atoms with van der Waals surface area (Å²) in [6, 6.07) is 17.7. The summed E-state index contributed by atoms with van der Waals surface area (Å²) >= 11 is 1.41. The summed E-state index contributed by atoms with van der Waals surface area (Å²) in [6.45, 7) is 4.45. The molecule has 4 rings (SSSR count). The quantitative estimate of drug-likeness (QED) is 0.207. The van der Waals surface area contributed by atoms with E-state index in [2.05, 4.69) is 20.5 Å². The van der Waals surface area contributed by atoms with E-state index in [9.17, 15) is 21.6 Å². The molecule has 220 valence electrons. The fourth-order valence-electron chi connectivity index (χ4n) is 4.27. The molecule has 0 aliphatic heterocycles. The summed E-state index contributed by atoms with van der Waals surface area (Å²) in [6.07, 6.45) is -1.09. The second kappa shape index (κ2) is 13.3. The SMILES string of the molecule is Cc1sc(N(CCc2ccc(C#N)cc2)Cc2ccc(OC(F)(F)F)cc2)nc1C(C)NS(=O)(=O)Cc1cccnc1. The smallest absolute Gasteiger partial charge is 0.406 e. The summed E-state index contributed by atoms with van der Waals surface area (Å²) in [7, 11) is -3.68. The van der Waals surface area contributed by atoms with Gasteiger partial charge in [-0.1, -0.05) is 30.3 Å². The Morgan fingerprint density at radius 1 is 1.07 bits per heavy atom. The van der Waals surface area contributed by atoms with E-state index in [1.807, 2.05) is 24.0 Å². The lowest BCUT2D eigenvalue weighted by Gasteiger charge is -2.22. The molecule has 0 spiro atoms. The Kier molecular flexibility index (Phi) is 9.82. The van der Waals surface area contributed by atoms with Crippen molar-refractivity contribution in [2.75, 3.05) is 11.4 Å². The lowest BCUT2D eigenvalue weighted by molar-refractivity contribution is -0.274. The van der Waals surface area contributed by atoms with Gasteiger partial charge in [0.1, 0.15) is 5.75 Å². The van der Waals surface area contributed by atoms with Gasteiger partial charge in [-0.25, -0.2) is 18.1 Å². The molecule has 2 aromatic heterocycles. The van der Waals surface area contributed by atoms with Crippen molar-refractivity contribution < 1.29 is 26.3 Å². The minimum Gasteiger partial charge on any atom is -0.406 e. The number of sulfonamides is 1. The number of nitrogens with one attached hydrogen (secondary N) is 1. The minimum absolute atomic E-state index is 0.216. The third kappa shape index (κ3) is 9.01. The van der Waals surface area contributed by atoms with Gasteiger partial charge in [0.25, 0.3) is 0 Å². The van der Waals surface area contributed by atoms with Crippen LogP contribution in [0.4, 0.5) is 18.3 Å². The summed E-state index contributed by atoms with van der Waals surface area (Å²) in [5.41, 5.74) is 3.44. The van der Waals surface area contributed by atoms with Crippen molar-refractivity contribution in [2.45, 2.75) is 45.0 Å². The third-order valence-corrected chi connectivity index (χ3v) is 8.69. The second-order valence-corrected chi connectivity index (χ2v) is 12.5. The Morgan fingerprint density at radius 2 is 1.76 bits per heavy atom. The first-order valence-electron chi connectivity index (χ1n) is 12.9. The highest BCUT2D eigenvalue weighted by Crippen LogP contribution is 2.31. The Bertz CT molecular complexity index is 1620. The minimum atomic E-state index is -4.78. The summed E-state index contributed by atoms with van der Waals surface area (Å²) in [5, 5.41) is 9.72. The van der Waals surface area contributed by atoms with Gasteiger partial charge >= 0.3 is 6.36 Å². The van der Waals surface area contributed by atoms with Crippen molar-refractivity contribution in [3.8, 4) is 11.8 Å². The number of alkyl halides is 3. The molecule has 8 nitrogen and oxygen atoms in total. The highest BCUT2D eigenvalue weighted by molar-refractivity contribution is 7.88. The van der Waals surface area contributed by atoms with E-state index in [1.165, 1.54) is 29.7 Å². The zero-order chi connectivity index (χ0) is 30.3. The largest absolute Gasteiger partial charge is 0.573 e. The van der Waals surface area contributed by atoms with Gasteiger partial charge < -0.3 is 9.64 Å². The highest BCUT2D eigenvalue weighted by Gasteiger charge is 2.31. The molecular formula is C29H28F3N5O3S2. The molecule has 1 N–H and O–H groups in total. The van der Waals surface area contributed by atoms with E-state index in [-0.39, 0.29) is 11.5 Å². The maximum absolute atomic E-state index is 12.8. The highest BCUT2D eigenvalue weighted by atomic mass is 32.2. The Hall–Kier alpha value is -3.99. The Balaban J connectivity index is 1.54. The van der Waals surface area contributed by atoms with Gasteiger partial charge in [0.05, 0.1) is 29.1 Å². The predicted molar refractivity (Wildman–Crippen MR) is 154 cm³/mol. The number of anilines is 1. The normalized spacial score (nSPS) is 12.5. The van der Waals surface area contributed by atoms with E-state index >= 15 is 0 Å². The lowest BCUT2D eigenvalue weighted by atomic mass is 10.1. The van der Waals surface area contributed by atoms with Crippen molar-refractivity contribution in [1.82, 2.24) is 14.7 Å². The number of ether oxygens (including phenoxy) is 1. The van der Waals surface area contributed by atoms with E-state index in [4.69, 9.17) is 10.2 Å². The van der Waals surface area contributed by atoms with Gasteiger partial charge in [-0.05, 0) is 67.3 Å². The number of nitriles is 1. The molecule has 2 aromatic carbocycles. The van der Waals surface area contributed by atoms with Crippen LogP contribution in [0, 0.1) is 18.3 Å². The third-order valence-electron chi connectivity index (χ3n) is 6.22. The van der Waals surface area contributed by atoms with Gasteiger partial charge in [0.2, 0.25) is 10.0 Å². The molecule has 0 saturated carbocycles. The van der Waals surface area contributed by atoms with Crippen LogP contribution >= 0.6 is 11.3 Å². The number of aromatic nitrogens is 2. The number of rotatable bonds is 12. The molecule has 4 aromatic rings. The Labute approximate surface area is 246 Å². The van der Waals surface area contributed by atoms with Crippen LogP contribution in [0.2, 0.25) is 0 Å². The first-order valence-corrected chi connectivity index (χ1v) is 15.3. The molecule has 0 aliphatic rings. The topological polar surface area (TPSA) is 108 Å². The monoisotopic (exact) mass is 615 g/mol. The van der Waals surface area contributed by atoms with Crippen molar-refractivity contribution in [3.05, 3.63) is 106 Å². The average Bonchev–Trinajstić information content (AvgIpc) is 3.33. The molecule has 2 heterocycles. The maximum atomic E-state index is 12.8. The van der Waals surface area contributed by atoms with Gasteiger partial charge in [0, 0.05) is 30.4 Å². The average molecular weight is 616 g/mol. The van der Waals surface area contributed by atoms with Crippen LogP contribution in [0.5, 0.6) is 5.75 Å². The fourth-order valence-corrected chi connectivity index (χ4v) is 6.64. The number of halogens is 3. The van der Waals surface area contributed by atoms with Gasteiger partial charge in [-0.15, -0.1) is 24.5 Å². The number of thiazole rings is 1. The van der Waals surface area contributed by atoms with E-state index in [1.54, 1.807) is 49.5 Å². The lowest BCUT2D eigenvalue weighted by Crippen LogP contribution is -2.29. The molecule has 0 aliphatic carbocycles. The molecule has 0 saturated heterocycles. The molecule has 0 bridgehead atoms. The molecule has 0 radical (unpaired) electrons.